The Balaban J connectivity index is 2.19. The summed E-state index contributed by atoms with van der Waals surface area (Å²) in [5.74, 6) is 5.41. The van der Waals surface area contributed by atoms with Gasteiger partial charge in [0.1, 0.15) is 0 Å². The predicted molar refractivity (Wildman–Crippen MR) is 75.1 cm³/mol. The third kappa shape index (κ3) is 2.95. The number of urea groups is 1. The van der Waals surface area contributed by atoms with Crippen molar-refractivity contribution >= 4 is 21.7 Å². The molecule has 0 aromatic heterocycles. The number of carbonyl (C=O) groups is 1. The largest absolute Gasteiger partial charge is 0.350 e. The number of nitrogens with zero attached hydrogens (tertiary/aromatic N) is 1. The second-order valence-electron chi connectivity index (χ2n) is 3.91. The zero-order chi connectivity index (χ0) is 14.6. The van der Waals surface area contributed by atoms with Crippen molar-refractivity contribution in [1.82, 2.24) is 4.41 Å². The van der Waals surface area contributed by atoms with Gasteiger partial charge in [0.2, 0.25) is 0 Å². The molecule has 0 atom stereocenters. The molecule has 2 aromatic carbocycles. The molecule has 2 rings (SSSR count). The first-order valence-corrected chi connectivity index (χ1v) is 7.17. The van der Waals surface area contributed by atoms with E-state index < -0.39 is 16.1 Å². The van der Waals surface area contributed by atoms with E-state index in [0.717, 1.165) is 0 Å². The molecular weight excluding hydrogens is 278 g/mol. The first kappa shape index (κ1) is 14.0. The monoisotopic (exact) mass is 291 g/mol. The summed E-state index contributed by atoms with van der Waals surface area (Å²) >= 11 is 0. The molecule has 2 aromatic rings. The number of benzene rings is 2. The van der Waals surface area contributed by atoms with E-state index in [0.29, 0.717) is 5.69 Å². The molecular formula is C13H13N3O3S. The molecule has 2 amide bonds. The fourth-order valence-electron chi connectivity index (χ4n) is 1.52. The maximum Gasteiger partial charge on any atom is 0.350 e. The van der Waals surface area contributed by atoms with Gasteiger partial charge in [-0.2, -0.15) is 8.42 Å². The van der Waals surface area contributed by atoms with Crippen LogP contribution in [0.5, 0.6) is 0 Å². The molecule has 0 heterocycles. The minimum absolute atomic E-state index is 0.0503. The van der Waals surface area contributed by atoms with E-state index in [1.165, 1.54) is 12.1 Å². The molecule has 3 N–H and O–H groups in total. The van der Waals surface area contributed by atoms with Crippen LogP contribution in [-0.4, -0.2) is 18.9 Å². The molecule has 7 heteroatoms. The summed E-state index contributed by atoms with van der Waals surface area (Å²) in [5.41, 5.74) is 0.455. The Morgan fingerprint density at radius 3 is 2.00 bits per heavy atom. The summed E-state index contributed by atoms with van der Waals surface area (Å²) in [6.07, 6.45) is 0. The summed E-state index contributed by atoms with van der Waals surface area (Å²) in [4.78, 5) is 11.8. The maximum absolute atomic E-state index is 12.1. The van der Waals surface area contributed by atoms with Crippen LogP contribution in [0.3, 0.4) is 0 Å². The maximum atomic E-state index is 12.1. The van der Waals surface area contributed by atoms with Crippen molar-refractivity contribution in [2.45, 2.75) is 4.90 Å². The van der Waals surface area contributed by atoms with Crippen molar-refractivity contribution in [2.24, 2.45) is 5.84 Å². The molecule has 0 aliphatic carbocycles. The second-order valence-corrected chi connectivity index (χ2v) is 5.73. The van der Waals surface area contributed by atoms with Gasteiger partial charge in [0.15, 0.2) is 0 Å². The molecule has 0 spiro atoms. The van der Waals surface area contributed by atoms with Crippen molar-refractivity contribution in [1.29, 1.82) is 0 Å². The minimum Gasteiger partial charge on any atom is -0.306 e. The molecule has 0 aliphatic rings. The Morgan fingerprint density at radius 2 is 1.45 bits per heavy atom. The van der Waals surface area contributed by atoms with Crippen molar-refractivity contribution in [3.05, 3.63) is 60.7 Å². The summed E-state index contributed by atoms with van der Waals surface area (Å²) in [5, 5.41) is 2.40. The zero-order valence-electron chi connectivity index (χ0n) is 10.4. The molecule has 0 saturated carbocycles. The normalized spacial score (nSPS) is 10.8. The van der Waals surface area contributed by atoms with Crippen LogP contribution in [0, 0.1) is 0 Å². The molecule has 6 nitrogen and oxygen atoms in total. The van der Waals surface area contributed by atoms with Gasteiger partial charge in [0.05, 0.1) is 4.90 Å². The van der Waals surface area contributed by atoms with E-state index in [-0.39, 0.29) is 9.31 Å². The first-order chi connectivity index (χ1) is 9.51. The lowest BCUT2D eigenvalue weighted by atomic mass is 10.3. The highest BCUT2D eigenvalue weighted by atomic mass is 32.2. The van der Waals surface area contributed by atoms with E-state index in [1.807, 2.05) is 0 Å². The predicted octanol–water partition coefficient (Wildman–Crippen LogP) is 1.78. The number of sulfonamides is 1. The lowest BCUT2D eigenvalue weighted by Crippen LogP contribution is -2.44. The number of hydrogen-bond donors (Lipinski definition) is 2. The number of amides is 2. The fraction of sp³-hybridized carbons (Fsp3) is 0. The van der Waals surface area contributed by atoms with Gasteiger partial charge < -0.3 is 5.32 Å². The first-order valence-electron chi connectivity index (χ1n) is 5.73. The molecule has 104 valence electrons. The molecule has 20 heavy (non-hydrogen) atoms. The van der Waals surface area contributed by atoms with Crippen LogP contribution in [0.15, 0.2) is 65.6 Å². The second kappa shape index (κ2) is 5.72. The van der Waals surface area contributed by atoms with Gasteiger partial charge in [-0.05, 0) is 24.3 Å². The molecule has 0 saturated heterocycles. The number of hydrazine groups is 1. The summed E-state index contributed by atoms with van der Waals surface area (Å²) < 4.78 is 24.4. The number of nitrogens with two attached hydrogens (primary N) is 1. The third-order valence-electron chi connectivity index (χ3n) is 2.53. The van der Waals surface area contributed by atoms with Gasteiger partial charge in [-0.25, -0.2) is 10.6 Å². The number of hydrogen-bond acceptors (Lipinski definition) is 4. The number of nitrogens with one attached hydrogen (secondary N) is 1. The summed E-state index contributed by atoms with van der Waals surface area (Å²) in [6, 6.07) is 15.0. The Morgan fingerprint density at radius 1 is 0.950 bits per heavy atom. The Hall–Kier alpha value is -2.38. The van der Waals surface area contributed by atoms with Gasteiger partial charge in [0.25, 0.3) is 10.0 Å². The molecule has 0 bridgehead atoms. The van der Waals surface area contributed by atoms with Crippen molar-refractivity contribution in [3.8, 4) is 0 Å². The van der Waals surface area contributed by atoms with E-state index in [9.17, 15) is 13.2 Å². The van der Waals surface area contributed by atoms with Gasteiger partial charge in [-0.3, -0.25) is 0 Å². The van der Waals surface area contributed by atoms with Crippen LogP contribution in [-0.2, 0) is 10.0 Å². The topological polar surface area (TPSA) is 92.5 Å². The minimum atomic E-state index is -4.06. The lowest BCUT2D eigenvalue weighted by molar-refractivity contribution is 0.236. The number of rotatable bonds is 3. The van der Waals surface area contributed by atoms with E-state index in [4.69, 9.17) is 5.84 Å². The van der Waals surface area contributed by atoms with Crippen LogP contribution in [0.1, 0.15) is 0 Å². The SMILES string of the molecule is NN(C(=O)Nc1ccccc1)S(=O)(=O)c1ccccc1. The molecule has 0 unspecified atom stereocenters. The average molecular weight is 291 g/mol. The van der Waals surface area contributed by atoms with Gasteiger partial charge in [-0.15, -0.1) is 4.41 Å². The average Bonchev–Trinajstić information content (AvgIpc) is 2.48. The number of carbonyl (C=O) groups excluding carboxylic acids is 1. The van der Waals surface area contributed by atoms with E-state index in [1.54, 1.807) is 48.5 Å². The van der Waals surface area contributed by atoms with Crippen LogP contribution in [0.4, 0.5) is 10.5 Å². The smallest absolute Gasteiger partial charge is 0.306 e. The van der Waals surface area contributed by atoms with Gasteiger partial charge >= 0.3 is 6.03 Å². The number of anilines is 1. The van der Waals surface area contributed by atoms with Crippen LogP contribution in [0.2, 0.25) is 0 Å². The van der Waals surface area contributed by atoms with Crippen LogP contribution in [0.25, 0.3) is 0 Å². The Bertz CT molecular complexity index is 687. The van der Waals surface area contributed by atoms with Crippen molar-refractivity contribution in [3.63, 3.8) is 0 Å². The highest BCUT2D eigenvalue weighted by Gasteiger charge is 2.26. The highest BCUT2D eigenvalue weighted by Crippen LogP contribution is 2.14. The lowest BCUT2D eigenvalue weighted by Gasteiger charge is -2.17. The zero-order valence-corrected chi connectivity index (χ0v) is 11.2. The standard InChI is InChI=1S/C13H13N3O3S/c14-16(13(17)15-11-7-3-1-4-8-11)20(18,19)12-9-5-2-6-10-12/h1-10H,14H2,(H,15,17). The van der Waals surface area contributed by atoms with Crippen molar-refractivity contribution < 1.29 is 13.2 Å². The Kier molecular flexibility index (Phi) is 4.02. The van der Waals surface area contributed by atoms with Crippen molar-refractivity contribution in [2.75, 3.05) is 5.32 Å². The molecule has 0 radical (unpaired) electrons. The van der Waals surface area contributed by atoms with Crippen LogP contribution >= 0.6 is 0 Å². The fourth-order valence-corrected chi connectivity index (χ4v) is 2.51. The highest BCUT2D eigenvalue weighted by molar-refractivity contribution is 7.89. The Labute approximate surface area is 116 Å². The van der Waals surface area contributed by atoms with E-state index in [2.05, 4.69) is 5.32 Å². The summed E-state index contributed by atoms with van der Waals surface area (Å²) in [7, 11) is -4.06. The van der Waals surface area contributed by atoms with Crippen LogP contribution < -0.4 is 11.2 Å². The van der Waals surface area contributed by atoms with Gasteiger partial charge in [0, 0.05) is 5.69 Å². The van der Waals surface area contributed by atoms with Gasteiger partial charge in [-0.1, -0.05) is 36.4 Å². The number of para-hydroxylation sites is 1. The van der Waals surface area contributed by atoms with E-state index >= 15 is 0 Å². The third-order valence-corrected chi connectivity index (χ3v) is 4.08. The summed E-state index contributed by atoms with van der Waals surface area (Å²) in [6.45, 7) is 0. The molecule has 0 aliphatic heterocycles. The molecule has 0 fully saturated rings. The quantitative estimate of drug-likeness (QED) is 0.512.